The van der Waals surface area contributed by atoms with Crippen LogP contribution in [0.25, 0.3) is 0 Å². The van der Waals surface area contributed by atoms with Crippen molar-refractivity contribution < 1.29 is 4.74 Å². The molecule has 1 N–H and O–H groups in total. The van der Waals surface area contributed by atoms with E-state index in [0.29, 0.717) is 18.2 Å². The largest absolute Gasteiger partial charge is 0.381 e. The van der Waals surface area contributed by atoms with Crippen molar-refractivity contribution in [2.75, 3.05) is 7.11 Å². The number of aromatic nitrogens is 1. The molecule has 1 saturated carbocycles. The van der Waals surface area contributed by atoms with E-state index in [9.17, 15) is 0 Å². The number of ether oxygens (including phenoxy) is 1. The fourth-order valence-corrected chi connectivity index (χ4v) is 3.25. The van der Waals surface area contributed by atoms with Crippen LogP contribution in [-0.4, -0.2) is 24.2 Å². The molecule has 0 saturated heterocycles. The molecule has 1 aliphatic carbocycles. The van der Waals surface area contributed by atoms with Gasteiger partial charge >= 0.3 is 0 Å². The monoisotopic (exact) mass is 254 g/mol. The van der Waals surface area contributed by atoms with E-state index in [0.717, 1.165) is 0 Å². The first-order valence-corrected chi connectivity index (χ1v) is 7.22. The maximum Gasteiger partial charge on any atom is 0.109 e. The van der Waals surface area contributed by atoms with E-state index in [2.05, 4.69) is 24.1 Å². The van der Waals surface area contributed by atoms with Gasteiger partial charge in [0, 0.05) is 24.2 Å². The molecule has 1 fully saturated rings. The minimum Gasteiger partial charge on any atom is -0.381 e. The van der Waals surface area contributed by atoms with Crippen LogP contribution in [0.15, 0.2) is 6.20 Å². The first-order valence-electron chi connectivity index (χ1n) is 6.40. The molecule has 1 aromatic heterocycles. The number of nitrogens with zero attached hydrogens (tertiary/aromatic N) is 1. The predicted molar refractivity (Wildman–Crippen MR) is 71.5 cm³/mol. The van der Waals surface area contributed by atoms with E-state index in [1.807, 2.05) is 13.3 Å². The number of aryl methyl sites for hydroxylation is 1. The van der Waals surface area contributed by atoms with Crippen molar-refractivity contribution in [1.29, 1.82) is 0 Å². The predicted octanol–water partition coefficient (Wildman–Crippen LogP) is 3.06. The summed E-state index contributed by atoms with van der Waals surface area (Å²) < 4.78 is 5.39. The van der Waals surface area contributed by atoms with Crippen LogP contribution in [0.5, 0.6) is 0 Å². The van der Waals surface area contributed by atoms with Gasteiger partial charge in [-0.3, -0.25) is 0 Å². The van der Waals surface area contributed by atoms with Gasteiger partial charge in [0.05, 0.1) is 12.1 Å². The third-order valence-electron chi connectivity index (χ3n) is 3.50. The molecule has 2 rings (SSSR count). The Hall–Kier alpha value is -0.450. The van der Waals surface area contributed by atoms with Crippen LogP contribution in [-0.2, 0) is 4.74 Å². The fourth-order valence-electron chi connectivity index (χ4n) is 2.46. The third-order valence-corrected chi connectivity index (χ3v) is 4.60. The van der Waals surface area contributed by atoms with Crippen molar-refractivity contribution in [2.24, 2.45) is 0 Å². The maximum atomic E-state index is 5.39. The zero-order chi connectivity index (χ0) is 12.3. The summed E-state index contributed by atoms with van der Waals surface area (Å²) in [5, 5.41) is 4.89. The zero-order valence-corrected chi connectivity index (χ0v) is 11.7. The second-order valence-electron chi connectivity index (χ2n) is 4.91. The summed E-state index contributed by atoms with van der Waals surface area (Å²) in [6.45, 7) is 4.32. The SMILES string of the molecule is COC1CCC(NC(C)c2ncc(C)s2)CC1. The molecule has 0 radical (unpaired) electrons. The third kappa shape index (κ3) is 3.50. The van der Waals surface area contributed by atoms with E-state index in [1.165, 1.54) is 35.6 Å². The summed E-state index contributed by atoms with van der Waals surface area (Å²) in [6, 6.07) is 0.999. The summed E-state index contributed by atoms with van der Waals surface area (Å²) in [7, 11) is 1.82. The standard InChI is InChI=1S/C13H22N2OS/c1-9-8-14-13(17-9)10(2)15-11-4-6-12(16-3)7-5-11/h8,10-12,15H,4-7H2,1-3H3. The van der Waals surface area contributed by atoms with Crippen LogP contribution < -0.4 is 5.32 Å². The lowest BCUT2D eigenvalue weighted by atomic mass is 9.92. The Bertz CT molecular complexity index is 345. The van der Waals surface area contributed by atoms with Crippen molar-refractivity contribution in [3.05, 3.63) is 16.1 Å². The highest BCUT2D eigenvalue weighted by Crippen LogP contribution is 2.25. The van der Waals surface area contributed by atoms with E-state index >= 15 is 0 Å². The highest BCUT2D eigenvalue weighted by Gasteiger charge is 2.22. The molecule has 0 bridgehead atoms. The van der Waals surface area contributed by atoms with Gasteiger partial charge in [-0.1, -0.05) is 0 Å². The molecule has 4 heteroatoms. The molecule has 0 spiro atoms. The summed E-state index contributed by atoms with van der Waals surface area (Å²) in [6.07, 6.45) is 7.22. The molecular formula is C13H22N2OS. The highest BCUT2D eigenvalue weighted by atomic mass is 32.1. The van der Waals surface area contributed by atoms with Gasteiger partial charge in [0.1, 0.15) is 5.01 Å². The Kier molecular flexibility index (Phi) is 4.54. The zero-order valence-electron chi connectivity index (χ0n) is 10.9. The van der Waals surface area contributed by atoms with Gasteiger partial charge in [0.15, 0.2) is 0 Å². The van der Waals surface area contributed by atoms with Gasteiger partial charge in [0.2, 0.25) is 0 Å². The number of nitrogens with one attached hydrogen (secondary N) is 1. The molecule has 0 amide bonds. The van der Waals surface area contributed by atoms with Crippen molar-refractivity contribution >= 4 is 11.3 Å². The van der Waals surface area contributed by atoms with Crippen LogP contribution in [0.4, 0.5) is 0 Å². The van der Waals surface area contributed by atoms with Crippen LogP contribution in [0.3, 0.4) is 0 Å². The van der Waals surface area contributed by atoms with E-state index in [1.54, 1.807) is 11.3 Å². The highest BCUT2D eigenvalue weighted by molar-refractivity contribution is 7.11. The lowest BCUT2D eigenvalue weighted by Gasteiger charge is -2.30. The number of hydrogen-bond donors (Lipinski definition) is 1. The van der Waals surface area contributed by atoms with Gasteiger partial charge in [0.25, 0.3) is 0 Å². The van der Waals surface area contributed by atoms with Crippen molar-refractivity contribution in [3.63, 3.8) is 0 Å². The lowest BCUT2D eigenvalue weighted by molar-refractivity contribution is 0.0614. The Morgan fingerprint density at radius 1 is 1.41 bits per heavy atom. The molecular weight excluding hydrogens is 232 g/mol. The second-order valence-corrected chi connectivity index (χ2v) is 6.17. The number of rotatable bonds is 4. The molecule has 0 aliphatic heterocycles. The van der Waals surface area contributed by atoms with E-state index in [4.69, 9.17) is 4.74 Å². The molecule has 96 valence electrons. The van der Waals surface area contributed by atoms with Crippen LogP contribution in [0, 0.1) is 6.92 Å². The average molecular weight is 254 g/mol. The van der Waals surface area contributed by atoms with Gasteiger partial charge in [-0.15, -0.1) is 11.3 Å². The van der Waals surface area contributed by atoms with E-state index < -0.39 is 0 Å². The minimum absolute atomic E-state index is 0.373. The van der Waals surface area contributed by atoms with Crippen molar-refractivity contribution in [3.8, 4) is 0 Å². The summed E-state index contributed by atoms with van der Waals surface area (Å²) in [5.41, 5.74) is 0. The average Bonchev–Trinajstić information content (AvgIpc) is 2.77. The van der Waals surface area contributed by atoms with Crippen molar-refractivity contribution in [2.45, 2.75) is 57.7 Å². The first kappa shape index (κ1) is 13.0. The molecule has 17 heavy (non-hydrogen) atoms. The second kappa shape index (κ2) is 5.94. The Labute approximate surface area is 108 Å². The summed E-state index contributed by atoms with van der Waals surface area (Å²) in [5.74, 6) is 0. The van der Waals surface area contributed by atoms with Crippen LogP contribution in [0.1, 0.15) is 48.5 Å². The first-order chi connectivity index (χ1) is 8.19. The van der Waals surface area contributed by atoms with Gasteiger partial charge in [-0.25, -0.2) is 4.98 Å². The number of thiazole rings is 1. The molecule has 1 heterocycles. The number of methoxy groups -OCH3 is 1. The van der Waals surface area contributed by atoms with Crippen LogP contribution in [0.2, 0.25) is 0 Å². The molecule has 1 atom stereocenters. The number of hydrogen-bond acceptors (Lipinski definition) is 4. The maximum absolute atomic E-state index is 5.39. The topological polar surface area (TPSA) is 34.1 Å². The quantitative estimate of drug-likeness (QED) is 0.896. The summed E-state index contributed by atoms with van der Waals surface area (Å²) in [4.78, 5) is 5.73. The molecule has 3 nitrogen and oxygen atoms in total. The fraction of sp³-hybridized carbons (Fsp3) is 0.769. The Morgan fingerprint density at radius 3 is 2.65 bits per heavy atom. The van der Waals surface area contributed by atoms with Gasteiger partial charge in [-0.2, -0.15) is 0 Å². The Morgan fingerprint density at radius 2 is 2.12 bits per heavy atom. The molecule has 1 aliphatic rings. The summed E-state index contributed by atoms with van der Waals surface area (Å²) >= 11 is 1.79. The molecule has 1 unspecified atom stereocenters. The minimum atomic E-state index is 0.373. The van der Waals surface area contributed by atoms with Crippen LogP contribution >= 0.6 is 11.3 Å². The molecule has 0 aromatic carbocycles. The van der Waals surface area contributed by atoms with Crippen molar-refractivity contribution in [1.82, 2.24) is 10.3 Å². The normalized spacial score (nSPS) is 27.0. The van der Waals surface area contributed by atoms with Gasteiger partial charge < -0.3 is 10.1 Å². The van der Waals surface area contributed by atoms with Gasteiger partial charge in [-0.05, 0) is 39.5 Å². The molecule has 1 aromatic rings. The van der Waals surface area contributed by atoms with E-state index in [-0.39, 0.29) is 0 Å². The lowest BCUT2D eigenvalue weighted by Crippen LogP contribution is -2.36. The Balaban J connectivity index is 1.81. The smallest absolute Gasteiger partial charge is 0.109 e.